The molecule has 0 amide bonds. The Balaban J connectivity index is 1.81. The molecular formula is C21H17F5N6O. The Bertz CT molecular complexity index is 1350. The molecule has 2 unspecified atom stereocenters. The quantitative estimate of drug-likeness (QED) is 0.334. The summed E-state index contributed by atoms with van der Waals surface area (Å²) in [5, 5.41) is 4.70. The maximum absolute atomic E-state index is 15.1. The number of halogens is 5. The largest absolute Gasteiger partial charge is 0.451 e. The highest BCUT2D eigenvalue weighted by atomic mass is 19.2. The molecule has 4 aromatic rings. The van der Waals surface area contributed by atoms with Gasteiger partial charge < -0.3 is 16.2 Å². The number of anilines is 1. The van der Waals surface area contributed by atoms with Crippen LogP contribution in [0.25, 0.3) is 22.3 Å². The number of nitrogens with two attached hydrogens (primary N) is 2. The Morgan fingerprint density at radius 1 is 0.939 bits per heavy atom. The highest BCUT2D eigenvalue weighted by Crippen LogP contribution is 2.36. The Morgan fingerprint density at radius 3 is 2.21 bits per heavy atom. The molecule has 172 valence electrons. The normalized spacial score (nSPS) is 13.3. The second-order valence-corrected chi connectivity index (χ2v) is 7.39. The summed E-state index contributed by atoms with van der Waals surface area (Å²) in [6, 6.07) is 2.55. The van der Waals surface area contributed by atoms with E-state index >= 15 is 4.39 Å². The van der Waals surface area contributed by atoms with Gasteiger partial charge in [-0.25, -0.2) is 27.8 Å². The highest BCUT2D eigenvalue weighted by molar-refractivity contribution is 5.98. The number of aromatic nitrogens is 4. The van der Waals surface area contributed by atoms with Crippen LogP contribution in [0.1, 0.15) is 19.9 Å². The molecule has 4 rings (SSSR count). The average Bonchev–Trinajstić information content (AvgIpc) is 3.15. The van der Waals surface area contributed by atoms with Gasteiger partial charge in [0.2, 0.25) is 17.4 Å². The molecule has 2 aromatic heterocycles. The van der Waals surface area contributed by atoms with Crippen LogP contribution in [0.15, 0.2) is 30.6 Å². The van der Waals surface area contributed by atoms with Crippen LogP contribution in [0.4, 0.5) is 27.8 Å². The summed E-state index contributed by atoms with van der Waals surface area (Å²) in [5.74, 6) is -9.41. The highest BCUT2D eigenvalue weighted by Gasteiger charge is 2.25. The second kappa shape index (κ2) is 8.28. The Labute approximate surface area is 183 Å². The third-order valence-corrected chi connectivity index (χ3v) is 5.15. The van der Waals surface area contributed by atoms with Gasteiger partial charge in [0.1, 0.15) is 29.4 Å². The van der Waals surface area contributed by atoms with Crippen molar-refractivity contribution in [3.63, 3.8) is 0 Å². The molecule has 0 aliphatic heterocycles. The predicted octanol–water partition coefficient (Wildman–Crippen LogP) is 4.47. The molecule has 0 aliphatic rings. The van der Waals surface area contributed by atoms with Crippen molar-refractivity contribution in [1.82, 2.24) is 19.7 Å². The molecule has 2 heterocycles. The van der Waals surface area contributed by atoms with Gasteiger partial charge in [0.25, 0.3) is 0 Å². The minimum Gasteiger partial charge on any atom is -0.451 e. The zero-order chi connectivity index (χ0) is 24.0. The SMILES string of the molecule is CC(N)C(C)n1nc(-c2ccc(Oc3c(F)c(F)cc(F)c3F)cc2F)c2c(N)ncnc21. The molecule has 0 spiro atoms. The zero-order valence-corrected chi connectivity index (χ0v) is 17.3. The molecule has 2 atom stereocenters. The summed E-state index contributed by atoms with van der Waals surface area (Å²) in [6.07, 6.45) is 1.24. The molecule has 7 nitrogen and oxygen atoms in total. The summed E-state index contributed by atoms with van der Waals surface area (Å²) in [4.78, 5) is 8.11. The van der Waals surface area contributed by atoms with Crippen LogP contribution in [-0.2, 0) is 0 Å². The van der Waals surface area contributed by atoms with Crippen LogP contribution in [0.3, 0.4) is 0 Å². The predicted molar refractivity (Wildman–Crippen MR) is 110 cm³/mol. The molecule has 12 heteroatoms. The lowest BCUT2D eigenvalue weighted by molar-refractivity contribution is 0.365. The van der Waals surface area contributed by atoms with Crippen LogP contribution < -0.4 is 16.2 Å². The molecule has 0 bridgehead atoms. The zero-order valence-electron chi connectivity index (χ0n) is 17.3. The van der Waals surface area contributed by atoms with E-state index in [1.54, 1.807) is 13.8 Å². The van der Waals surface area contributed by atoms with E-state index < -0.39 is 40.6 Å². The Kier molecular flexibility index (Phi) is 5.62. The monoisotopic (exact) mass is 464 g/mol. The summed E-state index contributed by atoms with van der Waals surface area (Å²) >= 11 is 0. The van der Waals surface area contributed by atoms with Gasteiger partial charge in [-0.3, -0.25) is 0 Å². The first-order chi connectivity index (χ1) is 15.6. The van der Waals surface area contributed by atoms with Crippen molar-refractivity contribution in [3.8, 4) is 22.8 Å². The fourth-order valence-electron chi connectivity index (χ4n) is 3.20. The van der Waals surface area contributed by atoms with E-state index in [1.165, 1.54) is 17.1 Å². The molecule has 33 heavy (non-hydrogen) atoms. The molecule has 4 N–H and O–H groups in total. The lowest BCUT2D eigenvalue weighted by Crippen LogP contribution is -2.28. The fraction of sp³-hybridized carbons (Fsp3) is 0.190. The first-order valence-electron chi connectivity index (χ1n) is 9.65. The van der Waals surface area contributed by atoms with Crippen molar-refractivity contribution in [3.05, 3.63) is 59.7 Å². The van der Waals surface area contributed by atoms with Gasteiger partial charge in [0.15, 0.2) is 17.3 Å². The van der Waals surface area contributed by atoms with Crippen molar-refractivity contribution in [2.45, 2.75) is 25.9 Å². The minimum atomic E-state index is -1.75. The third-order valence-electron chi connectivity index (χ3n) is 5.15. The average molecular weight is 464 g/mol. The van der Waals surface area contributed by atoms with Gasteiger partial charge in [-0.05, 0) is 26.0 Å². The fourth-order valence-corrected chi connectivity index (χ4v) is 3.20. The van der Waals surface area contributed by atoms with Crippen molar-refractivity contribution in [1.29, 1.82) is 0 Å². The van der Waals surface area contributed by atoms with Gasteiger partial charge in [-0.15, -0.1) is 0 Å². The maximum atomic E-state index is 15.1. The van der Waals surface area contributed by atoms with Crippen LogP contribution >= 0.6 is 0 Å². The van der Waals surface area contributed by atoms with E-state index in [2.05, 4.69) is 15.1 Å². The van der Waals surface area contributed by atoms with E-state index in [0.29, 0.717) is 5.65 Å². The third kappa shape index (κ3) is 3.82. The van der Waals surface area contributed by atoms with E-state index in [1.807, 2.05) is 0 Å². The van der Waals surface area contributed by atoms with Gasteiger partial charge in [-0.1, -0.05) is 0 Å². The van der Waals surface area contributed by atoms with Crippen LogP contribution in [0.2, 0.25) is 0 Å². The molecular weight excluding hydrogens is 447 g/mol. The van der Waals surface area contributed by atoms with E-state index in [9.17, 15) is 17.6 Å². The molecule has 0 radical (unpaired) electrons. The number of rotatable bonds is 5. The number of hydrogen-bond donors (Lipinski definition) is 2. The second-order valence-electron chi connectivity index (χ2n) is 7.39. The summed E-state index contributed by atoms with van der Waals surface area (Å²) in [6.45, 7) is 3.57. The smallest absolute Gasteiger partial charge is 0.204 e. The molecule has 0 saturated heterocycles. The van der Waals surface area contributed by atoms with Gasteiger partial charge >= 0.3 is 0 Å². The lowest BCUT2D eigenvalue weighted by Gasteiger charge is -2.16. The van der Waals surface area contributed by atoms with Crippen molar-refractivity contribution < 1.29 is 26.7 Å². The number of ether oxygens (including phenoxy) is 1. The molecule has 2 aromatic carbocycles. The number of hydrogen-bond acceptors (Lipinski definition) is 6. The maximum Gasteiger partial charge on any atom is 0.204 e. The summed E-state index contributed by atoms with van der Waals surface area (Å²) < 4.78 is 76.1. The first kappa shape index (κ1) is 22.4. The number of fused-ring (bicyclic) bond motifs is 1. The minimum absolute atomic E-state index is 0.0400. The van der Waals surface area contributed by atoms with Crippen LogP contribution in [0.5, 0.6) is 11.5 Å². The summed E-state index contributed by atoms with van der Waals surface area (Å²) in [5.41, 5.74) is 12.4. The standard InChI is InChI=1S/C21H17F5N6O/c1-8(27)9(2)32-21-15(20(28)29-7-30-21)18(31-32)11-4-3-10(5-12(11)22)33-19-16(25)13(23)6-14(24)17(19)26/h3-9H,27H2,1-2H3,(H2,28,29,30). The Hall–Kier alpha value is -3.80. The molecule has 0 fully saturated rings. The van der Waals surface area contributed by atoms with Gasteiger partial charge in [0.05, 0.1) is 11.4 Å². The van der Waals surface area contributed by atoms with Gasteiger partial charge in [0, 0.05) is 23.7 Å². The number of benzene rings is 2. The number of nitrogens with zero attached hydrogens (tertiary/aromatic N) is 4. The van der Waals surface area contributed by atoms with E-state index in [0.717, 1.165) is 12.1 Å². The first-order valence-corrected chi connectivity index (χ1v) is 9.65. The summed E-state index contributed by atoms with van der Waals surface area (Å²) in [7, 11) is 0. The van der Waals surface area contributed by atoms with E-state index in [-0.39, 0.29) is 40.6 Å². The van der Waals surface area contributed by atoms with E-state index in [4.69, 9.17) is 16.2 Å². The number of nitrogen functional groups attached to an aromatic ring is 1. The van der Waals surface area contributed by atoms with Crippen LogP contribution in [0, 0.1) is 29.1 Å². The van der Waals surface area contributed by atoms with Crippen molar-refractivity contribution in [2.75, 3.05) is 5.73 Å². The van der Waals surface area contributed by atoms with Crippen molar-refractivity contribution >= 4 is 16.9 Å². The van der Waals surface area contributed by atoms with Crippen molar-refractivity contribution in [2.24, 2.45) is 5.73 Å². The molecule has 0 saturated carbocycles. The lowest BCUT2D eigenvalue weighted by atomic mass is 10.1. The van der Waals surface area contributed by atoms with Crippen LogP contribution in [-0.4, -0.2) is 25.8 Å². The Morgan fingerprint density at radius 2 is 1.61 bits per heavy atom. The topological polar surface area (TPSA) is 105 Å². The molecule has 0 aliphatic carbocycles. The van der Waals surface area contributed by atoms with Gasteiger partial charge in [-0.2, -0.15) is 13.9 Å².